The zero-order chi connectivity index (χ0) is 16.9. The lowest BCUT2D eigenvalue weighted by atomic mass is 10.0. The van der Waals surface area contributed by atoms with E-state index in [0.717, 1.165) is 13.0 Å². The van der Waals surface area contributed by atoms with E-state index in [1.54, 1.807) is 19.1 Å². The molecule has 3 rings (SSSR count). The first-order valence-corrected chi connectivity index (χ1v) is 7.98. The van der Waals surface area contributed by atoms with Crippen LogP contribution in [0.4, 0.5) is 4.39 Å². The van der Waals surface area contributed by atoms with Crippen molar-refractivity contribution in [3.8, 4) is 0 Å². The van der Waals surface area contributed by atoms with Gasteiger partial charge in [-0.1, -0.05) is 12.1 Å². The van der Waals surface area contributed by atoms with Crippen LogP contribution in [0.3, 0.4) is 0 Å². The minimum absolute atomic E-state index is 0.179. The summed E-state index contributed by atoms with van der Waals surface area (Å²) in [5.41, 5.74) is 0.717. The number of halogens is 1. The topological polar surface area (TPSA) is 81.9 Å². The second-order valence-electron chi connectivity index (χ2n) is 6.00. The van der Waals surface area contributed by atoms with E-state index in [9.17, 15) is 9.18 Å². The highest BCUT2D eigenvalue weighted by Gasteiger charge is 2.25. The Hall–Kier alpha value is -2.35. The maximum absolute atomic E-state index is 13.4. The molecule has 1 aliphatic rings. The Morgan fingerprint density at radius 2 is 2.42 bits per heavy atom. The molecule has 1 aromatic heterocycles. The summed E-state index contributed by atoms with van der Waals surface area (Å²) in [4.78, 5) is 12.7. The third-order valence-electron chi connectivity index (χ3n) is 4.16. The zero-order valence-electron chi connectivity index (χ0n) is 13.5. The smallest absolute Gasteiger partial charge is 0.245 e. The first-order valence-electron chi connectivity index (χ1n) is 7.98. The molecule has 2 aromatic rings. The third kappa shape index (κ3) is 3.94. The number of aryl methyl sites for hydroxylation is 1. The minimum atomic E-state index is -0.621. The number of hydrogen-bond donors (Lipinski definition) is 1. The van der Waals surface area contributed by atoms with Gasteiger partial charge in [0.15, 0.2) is 0 Å². The van der Waals surface area contributed by atoms with Crippen LogP contribution >= 0.6 is 0 Å². The lowest BCUT2D eigenvalue weighted by Crippen LogP contribution is -2.37. The number of ether oxygens (including phenoxy) is 1. The number of aromatic nitrogens is 4. The number of carbonyl (C=O) groups excluding carboxylic acids is 1. The van der Waals surface area contributed by atoms with Crippen molar-refractivity contribution in [3.63, 3.8) is 0 Å². The molecule has 1 fully saturated rings. The molecule has 0 saturated carbocycles. The lowest BCUT2D eigenvalue weighted by Gasteiger charge is -2.19. The molecular weight excluding hydrogens is 313 g/mol. The molecule has 1 saturated heterocycles. The lowest BCUT2D eigenvalue weighted by molar-refractivity contribution is -0.124. The van der Waals surface area contributed by atoms with Gasteiger partial charge in [0.25, 0.3) is 0 Å². The molecule has 1 N–H and O–H groups in total. The highest BCUT2D eigenvalue weighted by molar-refractivity contribution is 5.80. The summed E-state index contributed by atoms with van der Waals surface area (Å²) < 4.78 is 20.2. The van der Waals surface area contributed by atoms with Crippen LogP contribution < -0.4 is 5.32 Å². The van der Waals surface area contributed by atoms with Crippen LogP contribution in [0.1, 0.15) is 23.9 Å². The van der Waals surface area contributed by atoms with Gasteiger partial charge in [0.1, 0.15) is 17.7 Å². The van der Waals surface area contributed by atoms with E-state index < -0.39 is 6.04 Å². The molecule has 1 aromatic carbocycles. The summed E-state index contributed by atoms with van der Waals surface area (Å²) in [5.74, 6) is 0.360. The van der Waals surface area contributed by atoms with Crippen LogP contribution in [-0.2, 0) is 16.0 Å². The quantitative estimate of drug-likeness (QED) is 0.855. The first kappa shape index (κ1) is 16.5. The van der Waals surface area contributed by atoms with Crippen molar-refractivity contribution >= 4 is 5.91 Å². The molecule has 8 heteroatoms. The zero-order valence-corrected chi connectivity index (χ0v) is 13.5. The number of hydrogen-bond acceptors (Lipinski definition) is 5. The van der Waals surface area contributed by atoms with Crippen LogP contribution in [0.5, 0.6) is 0 Å². The van der Waals surface area contributed by atoms with Gasteiger partial charge in [-0.25, -0.2) is 9.07 Å². The summed E-state index contributed by atoms with van der Waals surface area (Å²) in [6.45, 7) is 3.69. The van der Waals surface area contributed by atoms with Gasteiger partial charge >= 0.3 is 0 Å². The monoisotopic (exact) mass is 333 g/mol. The van der Waals surface area contributed by atoms with Gasteiger partial charge in [0.2, 0.25) is 5.91 Å². The number of rotatable bonds is 6. The van der Waals surface area contributed by atoms with Crippen LogP contribution in [0.2, 0.25) is 0 Å². The molecule has 24 heavy (non-hydrogen) atoms. The highest BCUT2D eigenvalue weighted by Crippen LogP contribution is 2.17. The normalized spacial score (nSPS) is 18.5. The van der Waals surface area contributed by atoms with E-state index >= 15 is 0 Å². The van der Waals surface area contributed by atoms with E-state index in [0.29, 0.717) is 36.9 Å². The first-order chi connectivity index (χ1) is 11.6. The second-order valence-corrected chi connectivity index (χ2v) is 6.00. The molecular formula is C16H20FN5O2. The number of amides is 1. The summed E-state index contributed by atoms with van der Waals surface area (Å²) in [6, 6.07) is 5.59. The molecule has 7 nitrogen and oxygen atoms in total. The Labute approximate surface area is 139 Å². The Morgan fingerprint density at radius 1 is 1.54 bits per heavy atom. The molecule has 1 aliphatic heterocycles. The largest absolute Gasteiger partial charge is 0.381 e. The maximum atomic E-state index is 13.4. The molecule has 0 unspecified atom stereocenters. The van der Waals surface area contributed by atoms with Crippen LogP contribution in [0.25, 0.3) is 0 Å². The van der Waals surface area contributed by atoms with Gasteiger partial charge in [-0.05, 0) is 41.5 Å². The van der Waals surface area contributed by atoms with Crippen molar-refractivity contribution in [3.05, 3.63) is 41.5 Å². The third-order valence-corrected chi connectivity index (χ3v) is 4.16. The predicted octanol–water partition coefficient (Wildman–Crippen LogP) is 1.06. The number of carbonyl (C=O) groups is 1. The molecule has 2 atom stereocenters. The number of nitrogens with one attached hydrogen (secondary N) is 1. The summed E-state index contributed by atoms with van der Waals surface area (Å²) in [7, 11) is 0. The molecule has 0 aliphatic carbocycles. The van der Waals surface area contributed by atoms with Crippen molar-refractivity contribution in [2.45, 2.75) is 25.8 Å². The number of nitrogens with zero attached hydrogens (tertiary/aromatic N) is 4. The average Bonchev–Trinajstić information content (AvgIpc) is 3.22. The van der Waals surface area contributed by atoms with Crippen LogP contribution in [0, 0.1) is 18.7 Å². The van der Waals surface area contributed by atoms with E-state index in [1.807, 2.05) is 0 Å². The van der Waals surface area contributed by atoms with Gasteiger partial charge in [-0.2, -0.15) is 0 Å². The Kier molecular flexibility index (Phi) is 5.14. The van der Waals surface area contributed by atoms with Crippen molar-refractivity contribution in [2.24, 2.45) is 5.92 Å². The second kappa shape index (κ2) is 7.48. The molecule has 128 valence electrons. The van der Waals surface area contributed by atoms with Gasteiger partial charge in [0.05, 0.1) is 6.61 Å². The van der Waals surface area contributed by atoms with Crippen molar-refractivity contribution in [2.75, 3.05) is 19.8 Å². The molecule has 0 bridgehead atoms. The Balaban J connectivity index is 1.74. The van der Waals surface area contributed by atoms with Gasteiger partial charge < -0.3 is 10.1 Å². The van der Waals surface area contributed by atoms with E-state index in [-0.39, 0.29) is 11.7 Å². The van der Waals surface area contributed by atoms with E-state index in [4.69, 9.17) is 4.74 Å². The van der Waals surface area contributed by atoms with Crippen LogP contribution in [0.15, 0.2) is 24.3 Å². The minimum Gasteiger partial charge on any atom is -0.381 e. The SMILES string of the molecule is Cc1nnnn1[C@H](Cc1cccc(F)c1)C(=O)NC[C@@H]1CCOC1. The standard InChI is InChI=1S/C16H20FN5O2/c1-11-19-20-21-22(11)15(8-12-3-2-4-14(17)7-12)16(23)18-9-13-5-6-24-10-13/h2-4,7,13,15H,5-6,8-10H2,1H3,(H,18,23)/t13-,15+/m0/s1. The maximum Gasteiger partial charge on any atom is 0.245 e. The summed E-state index contributed by atoms with van der Waals surface area (Å²) in [5, 5.41) is 14.3. The number of benzene rings is 1. The molecule has 1 amide bonds. The predicted molar refractivity (Wildman–Crippen MR) is 83.6 cm³/mol. The molecule has 0 radical (unpaired) electrons. The van der Waals surface area contributed by atoms with Gasteiger partial charge in [0, 0.05) is 25.5 Å². The average molecular weight is 333 g/mol. The number of tetrazole rings is 1. The van der Waals surface area contributed by atoms with E-state index in [1.165, 1.54) is 16.8 Å². The summed E-state index contributed by atoms with van der Waals surface area (Å²) >= 11 is 0. The molecule has 2 heterocycles. The fourth-order valence-corrected chi connectivity index (χ4v) is 2.81. The van der Waals surface area contributed by atoms with Gasteiger partial charge in [-0.3, -0.25) is 4.79 Å². The Morgan fingerprint density at radius 3 is 3.08 bits per heavy atom. The fourth-order valence-electron chi connectivity index (χ4n) is 2.81. The van der Waals surface area contributed by atoms with Crippen LogP contribution in [-0.4, -0.2) is 45.9 Å². The van der Waals surface area contributed by atoms with E-state index in [2.05, 4.69) is 20.8 Å². The molecule has 0 spiro atoms. The fraction of sp³-hybridized carbons (Fsp3) is 0.500. The van der Waals surface area contributed by atoms with Crippen molar-refractivity contribution in [1.29, 1.82) is 0 Å². The Bertz CT molecular complexity index is 699. The summed E-state index contributed by atoms with van der Waals surface area (Å²) in [6.07, 6.45) is 1.26. The van der Waals surface area contributed by atoms with Crippen molar-refractivity contribution in [1.82, 2.24) is 25.5 Å². The van der Waals surface area contributed by atoms with Crippen molar-refractivity contribution < 1.29 is 13.9 Å². The van der Waals surface area contributed by atoms with Gasteiger partial charge in [-0.15, -0.1) is 5.10 Å². The highest BCUT2D eigenvalue weighted by atomic mass is 19.1.